The monoisotopic (exact) mass is 239 g/mol. The van der Waals surface area contributed by atoms with Gasteiger partial charge in [0.1, 0.15) is 0 Å². The van der Waals surface area contributed by atoms with Crippen LogP contribution in [0, 0.1) is 17.3 Å². The predicted molar refractivity (Wildman–Crippen MR) is 62.6 cm³/mol. The highest BCUT2D eigenvalue weighted by atomic mass is 16.4. The van der Waals surface area contributed by atoms with Crippen molar-refractivity contribution in [3.63, 3.8) is 0 Å². The van der Waals surface area contributed by atoms with Crippen LogP contribution in [0.5, 0.6) is 0 Å². The quantitative estimate of drug-likeness (QED) is 0.672. The minimum atomic E-state index is -0.941. The van der Waals surface area contributed by atoms with Crippen molar-refractivity contribution in [2.75, 3.05) is 13.1 Å². The zero-order valence-corrected chi connectivity index (χ0v) is 10.1. The third kappa shape index (κ3) is 1.40. The van der Waals surface area contributed by atoms with Gasteiger partial charge in [-0.15, -0.1) is 0 Å². The van der Waals surface area contributed by atoms with Crippen LogP contribution in [0.3, 0.4) is 0 Å². The van der Waals surface area contributed by atoms with E-state index in [1.807, 2.05) is 0 Å². The van der Waals surface area contributed by atoms with Gasteiger partial charge in [0.05, 0.1) is 11.0 Å². The highest BCUT2D eigenvalue weighted by molar-refractivity contribution is 5.77. The summed E-state index contributed by atoms with van der Waals surface area (Å²) in [7, 11) is 0. The molecule has 1 saturated heterocycles. The van der Waals surface area contributed by atoms with Crippen LogP contribution in [-0.4, -0.2) is 34.9 Å². The Kier molecular flexibility index (Phi) is 2.49. The summed E-state index contributed by atoms with van der Waals surface area (Å²) in [4.78, 5) is 11.8. The van der Waals surface area contributed by atoms with Crippen LogP contribution in [0.25, 0.3) is 0 Å². The van der Waals surface area contributed by atoms with Gasteiger partial charge in [-0.05, 0) is 63.5 Å². The largest absolute Gasteiger partial charge is 0.481 e. The first-order valence-electron chi connectivity index (χ1n) is 6.75. The molecule has 0 spiro atoms. The van der Waals surface area contributed by atoms with Crippen molar-refractivity contribution >= 4 is 5.97 Å². The fraction of sp³-hybridized carbons (Fsp3) is 0.923. The van der Waals surface area contributed by atoms with Gasteiger partial charge in [-0.1, -0.05) is 0 Å². The maximum Gasteiger partial charge on any atom is 0.312 e. The summed E-state index contributed by atoms with van der Waals surface area (Å²) in [6.07, 6.45) is 5.09. The molecule has 0 radical (unpaired) electrons. The molecule has 4 nitrogen and oxygen atoms in total. The van der Waals surface area contributed by atoms with Crippen molar-refractivity contribution in [3.8, 4) is 0 Å². The molecule has 96 valence electrons. The maximum atomic E-state index is 11.8. The molecule has 0 aromatic rings. The molecule has 1 aliphatic heterocycles. The van der Waals surface area contributed by atoms with Crippen LogP contribution < -0.4 is 5.32 Å². The first-order valence-corrected chi connectivity index (χ1v) is 6.75. The lowest BCUT2D eigenvalue weighted by molar-refractivity contribution is -0.184. The number of carbonyl (C=O) groups is 1. The highest BCUT2D eigenvalue weighted by Gasteiger charge is 2.64. The summed E-state index contributed by atoms with van der Waals surface area (Å²) in [5.74, 6) is 0.00635. The van der Waals surface area contributed by atoms with Crippen LogP contribution in [-0.2, 0) is 4.79 Å². The number of hydrogen-bond acceptors (Lipinski definition) is 3. The van der Waals surface area contributed by atoms with Crippen LogP contribution in [0.2, 0.25) is 0 Å². The summed E-state index contributed by atoms with van der Waals surface area (Å²) < 4.78 is 0. The van der Waals surface area contributed by atoms with Crippen molar-refractivity contribution in [2.45, 2.75) is 44.1 Å². The van der Waals surface area contributed by atoms with Gasteiger partial charge in [0.15, 0.2) is 0 Å². The average molecular weight is 239 g/mol. The lowest BCUT2D eigenvalue weighted by Crippen LogP contribution is -2.60. The summed E-state index contributed by atoms with van der Waals surface area (Å²) in [6.45, 7) is 1.43. The van der Waals surface area contributed by atoms with Crippen LogP contribution in [0.1, 0.15) is 38.5 Å². The molecule has 3 rings (SSSR count). The Morgan fingerprint density at radius 1 is 1.24 bits per heavy atom. The molecule has 3 N–H and O–H groups in total. The molecule has 3 fully saturated rings. The number of carboxylic acid groups (broad SMARTS) is 1. The molecular weight excluding hydrogens is 218 g/mol. The van der Waals surface area contributed by atoms with E-state index in [2.05, 4.69) is 5.32 Å². The van der Waals surface area contributed by atoms with E-state index < -0.39 is 17.0 Å². The number of aliphatic hydroxyl groups is 1. The van der Waals surface area contributed by atoms with Gasteiger partial charge in [0, 0.05) is 0 Å². The molecule has 17 heavy (non-hydrogen) atoms. The van der Waals surface area contributed by atoms with E-state index in [-0.39, 0.29) is 5.92 Å². The molecule has 2 aliphatic carbocycles. The molecule has 2 bridgehead atoms. The standard InChI is InChI=1S/C13H21NO3/c15-11(16)12(3-5-14-6-4-12)13(17)8-9-1-2-10(13)7-9/h9-10,14,17H,1-8H2,(H,15,16). The van der Waals surface area contributed by atoms with Crippen molar-refractivity contribution in [1.82, 2.24) is 5.32 Å². The first-order chi connectivity index (χ1) is 8.08. The summed E-state index contributed by atoms with van der Waals surface area (Å²) in [5, 5.41) is 23.9. The molecule has 3 atom stereocenters. The van der Waals surface area contributed by atoms with E-state index in [0.29, 0.717) is 38.3 Å². The van der Waals surface area contributed by atoms with Gasteiger partial charge in [-0.2, -0.15) is 0 Å². The van der Waals surface area contributed by atoms with Crippen LogP contribution in [0.15, 0.2) is 0 Å². The second kappa shape index (κ2) is 3.69. The van der Waals surface area contributed by atoms with Gasteiger partial charge in [-0.3, -0.25) is 4.79 Å². The number of aliphatic carboxylic acids is 1. The van der Waals surface area contributed by atoms with Gasteiger partial charge in [-0.25, -0.2) is 0 Å². The molecule has 3 aliphatic rings. The smallest absolute Gasteiger partial charge is 0.312 e. The van der Waals surface area contributed by atoms with Crippen molar-refractivity contribution in [2.24, 2.45) is 17.3 Å². The lowest BCUT2D eigenvalue weighted by Gasteiger charge is -2.49. The number of nitrogens with one attached hydrogen (secondary N) is 1. The predicted octanol–water partition coefficient (Wildman–Crippen LogP) is 0.992. The second-order valence-corrected chi connectivity index (χ2v) is 6.14. The third-order valence-electron chi connectivity index (χ3n) is 5.51. The molecule has 4 heteroatoms. The number of carboxylic acids is 1. The Balaban J connectivity index is 1.96. The molecular formula is C13H21NO3. The Labute approximate surface area is 101 Å². The minimum Gasteiger partial charge on any atom is -0.481 e. The molecule has 0 aromatic heterocycles. The summed E-state index contributed by atoms with van der Waals surface area (Å²) >= 11 is 0. The highest BCUT2D eigenvalue weighted by Crippen LogP contribution is 2.59. The van der Waals surface area contributed by atoms with E-state index in [0.717, 1.165) is 12.8 Å². The summed E-state index contributed by atoms with van der Waals surface area (Å²) in [5.41, 5.74) is -1.83. The Morgan fingerprint density at radius 2 is 1.94 bits per heavy atom. The zero-order chi connectivity index (χ0) is 12.1. The Morgan fingerprint density at radius 3 is 2.41 bits per heavy atom. The average Bonchev–Trinajstić information content (AvgIpc) is 2.90. The van der Waals surface area contributed by atoms with Gasteiger partial charge >= 0.3 is 5.97 Å². The molecule has 1 heterocycles. The van der Waals surface area contributed by atoms with Gasteiger partial charge < -0.3 is 15.5 Å². The Bertz CT molecular complexity index is 338. The first kappa shape index (κ1) is 11.5. The second-order valence-electron chi connectivity index (χ2n) is 6.14. The summed E-state index contributed by atoms with van der Waals surface area (Å²) in [6, 6.07) is 0. The fourth-order valence-electron chi connectivity index (χ4n) is 4.57. The molecule has 3 unspecified atom stereocenters. The van der Waals surface area contributed by atoms with E-state index >= 15 is 0 Å². The van der Waals surface area contributed by atoms with Crippen LogP contribution in [0.4, 0.5) is 0 Å². The SMILES string of the molecule is O=C(O)C1(C2(O)CC3CCC2C3)CCNCC1. The number of hydrogen-bond donors (Lipinski definition) is 3. The van der Waals surface area contributed by atoms with E-state index in [9.17, 15) is 15.0 Å². The molecule has 2 saturated carbocycles. The zero-order valence-electron chi connectivity index (χ0n) is 10.1. The van der Waals surface area contributed by atoms with E-state index in [1.54, 1.807) is 0 Å². The molecule has 0 aromatic carbocycles. The van der Waals surface area contributed by atoms with E-state index in [1.165, 1.54) is 6.42 Å². The fourth-order valence-corrected chi connectivity index (χ4v) is 4.57. The van der Waals surface area contributed by atoms with Gasteiger partial charge in [0.2, 0.25) is 0 Å². The van der Waals surface area contributed by atoms with Gasteiger partial charge in [0.25, 0.3) is 0 Å². The van der Waals surface area contributed by atoms with E-state index in [4.69, 9.17) is 0 Å². The minimum absolute atomic E-state index is 0.224. The number of rotatable bonds is 2. The number of fused-ring (bicyclic) bond motifs is 2. The Hall–Kier alpha value is -0.610. The van der Waals surface area contributed by atoms with Crippen molar-refractivity contribution in [3.05, 3.63) is 0 Å². The third-order valence-corrected chi connectivity index (χ3v) is 5.51. The maximum absolute atomic E-state index is 11.8. The van der Waals surface area contributed by atoms with Crippen LogP contribution >= 0.6 is 0 Å². The molecule has 0 amide bonds. The van der Waals surface area contributed by atoms with Crippen molar-refractivity contribution in [1.29, 1.82) is 0 Å². The topological polar surface area (TPSA) is 69.6 Å². The lowest BCUT2D eigenvalue weighted by atomic mass is 9.60. The number of piperidine rings is 1. The normalized spacial score (nSPS) is 43.8. The van der Waals surface area contributed by atoms with Crippen molar-refractivity contribution < 1.29 is 15.0 Å².